The molecule has 2 atom stereocenters. The van der Waals surface area contributed by atoms with Gasteiger partial charge in [-0.1, -0.05) is 15.9 Å². The first-order chi connectivity index (χ1) is 12.6. The summed E-state index contributed by atoms with van der Waals surface area (Å²) in [7, 11) is 1.64. The Kier molecular flexibility index (Phi) is 4.46. The second kappa shape index (κ2) is 6.24. The van der Waals surface area contributed by atoms with Crippen LogP contribution in [0.1, 0.15) is 40.0 Å². The van der Waals surface area contributed by atoms with Gasteiger partial charge in [-0.05, 0) is 45.4 Å². The Labute approximate surface area is 169 Å². The number of carbonyl (C=O) groups is 2. The highest BCUT2D eigenvalue weighted by Gasteiger charge is 2.72. The van der Waals surface area contributed by atoms with Crippen molar-refractivity contribution in [3.05, 3.63) is 0 Å². The van der Waals surface area contributed by atoms with Gasteiger partial charge in [0.2, 0.25) is 0 Å². The van der Waals surface area contributed by atoms with Crippen molar-refractivity contribution in [1.29, 1.82) is 0 Å². The Balaban J connectivity index is 1.50. The number of methoxy groups -OCH3 is 1. The lowest BCUT2D eigenvalue weighted by molar-refractivity contribution is -0.184. The molecule has 3 saturated carbocycles. The molecule has 27 heavy (non-hydrogen) atoms. The predicted octanol–water partition coefficient (Wildman–Crippen LogP) is 2.68. The molecule has 8 heteroatoms. The molecule has 0 unspecified atom stereocenters. The predicted molar refractivity (Wildman–Crippen MR) is 104 cm³/mol. The summed E-state index contributed by atoms with van der Waals surface area (Å²) in [6, 6.07) is -0.0782. The van der Waals surface area contributed by atoms with Crippen LogP contribution >= 0.6 is 15.9 Å². The van der Waals surface area contributed by atoms with Gasteiger partial charge in [0.1, 0.15) is 5.60 Å². The van der Waals surface area contributed by atoms with E-state index in [2.05, 4.69) is 20.8 Å². The van der Waals surface area contributed by atoms with Gasteiger partial charge in [0, 0.05) is 37.6 Å². The molecule has 7 nitrogen and oxygen atoms in total. The molecule has 5 rings (SSSR count). The zero-order valence-corrected chi connectivity index (χ0v) is 18.3. The van der Waals surface area contributed by atoms with Crippen molar-refractivity contribution in [2.75, 3.05) is 38.7 Å². The van der Waals surface area contributed by atoms with Gasteiger partial charge >= 0.3 is 12.1 Å². The summed E-state index contributed by atoms with van der Waals surface area (Å²) in [5.41, 5.74) is -0.0758. The fourth-order valence-electron chi connectivity index (χ4n) is 5.52. The highest BCUT2D eigenvalue weighted by Crippen LogP contribution is 2.71. The number of nitrogens with zero attached hydrogens (tertiary/aromatic N) is 3. The van der Waals surface area contributed by atoms with Gasteiger partial charge in [-0.15, -0.1) is 0 Å². The molecule has 0 aromatic carbocycles. The molecule has 0 aromatic heterocycles. The second-order valence-electron chi connectivity index (χ2n) is 9.74. The van der Waals surface area contributed by atoms with Crippen LogP contribution in [-0.4, -0.2) is 88.7 Å². The highest BCUT2D eigenvalue weighted by atomic mass is 79.9. The van der Waals surface area contributed by atoms with Crippen molar-refractivity contribution in [2.24, 2.45) is 5.41 Å². The zero-order chi connectivity index (χ0) is 19.6. The quantitative estimate of drug-likeness (QED) is 0.626. The van der Waals surface area contributed by atoms with Crippen molar-refractivity contribution in [2.45, 2.75) is 63.3 Å². The third-order valence-electron chi connectivity index (χ3n) is 6.61. The molecular formula is C19H30BrN3O4. The van der Waals surface area contributed by atoms with E-state index in [0.717, 1.165) is 24.6 Å². The van der Waals surface area contributed by atoms with Crippen LogP contribution in [0.3, 0.4) is 0 Å². The van der Waals surface area contributed by atoms with Crippen LogP contribution in [0.25, 0.3) is 0 Å². The molecule has 5 fully saturated rings. The Bertz CT molecular complexity index is 630. The number of urea groups is 1. The smallest absolute Gasteiger partial charge is 0.410 e. The van der Waals surface area contributed by atoms with Crippen LogP contribution in [0, 0.1) is 5.41 Å². The number of ether oxygens (including phenoxy) is 2. The van der Waals surface area contributed by atoms with Crippen LogP contribution in [-0.2, 0) is 9.47 Å². The van der Waals surface area contributed by atoms with E-state index in [0.29, 0.717) is 31.7 Å². The molecule has 0 N–H and O–H groups in total. The minimum Gasteiger partial charge on any atom is -0.444 e. The summed E-state index contributed by atoms with van der Waals surface area (Å²) in [4.78, 5) is 31.6. The summed E-state index contributed by atoms with van der Waals surface area (Å²) >= 11 is 3.62. The number of rotatable bonds is 4. The molecule has 3 amide bonds. The number of piperazine rings is 1. The topological polar surface area (TPSA) is 62.3 Å². The van der Waals surface area contributed by atoms with E-state index < -0.39 is 5.60 Å². The van der Waals surface area contributed by atoms with Gasteiger partial charge in [-0.2, -0.15) is 0 Å². The zero-order valence-electron chi connectivity index (χ0n) is 16.7. The van der Waals surface area contributed by atoms with Crippen molar-refractivity contribution in [3.8, 4) is 0 Å². The maximum absolute atomic E-state index is 13.1. The Morgan fingerprint density at radius 2 is 1.93 bits per heavy atom. The van der Waals surface area contributed by atoms with Gasteiger partial charge < -0.3 is 19.3 Å². The largest absolute Gasteiger partial charge is 0.444 e. The maximum Gasteiger partial charge on any atom is 0.410 e. The second-order valence-corrected chi connectivity index (χ2v) is 10.3. The minimum absolute atomic E-state index is 0.0346. The highest BCUT2D eigenvalue weighted by molar-refractivity contribution is 9.09. The van der Waals surface area contributed by atoms with Crippen molar-refractivity contribution < 1.29 is 19.1 Å². The Morgan fingerprint density at radius 3 is 2.48 bits per heavy atom. The normalized spacial score (nSPS) is 37.7. The molecule has 0 radical (unpaired) electrons. The molecule has 0 spiro atoms. The number of amides is 3. The van der Waals surface area contributed by atoms with E-state index >= 15 is 0 Å². The number of hydrogen-bond donors (Lipinski definition) is 0. The van der Waals surface area contributed by atoms with E-state index in [1.165, 1.54) is 0 Å². The van der Waals surface area contributed by atoms with Crippen molar-refractivity contribution in [1.82, 2.24) is 14.7 Å². The monoisotopic (exact) mass is 443 g/mol. The van der Waals surface area contributed by atoms with E-state index in [1.54, 1.807) is 12.0 Å². The van der Waals surface area contributed by atoms with Crippen LogP contribution in [0.2, 0.25) is 0 Å². The Hall–Kier alpha value is -1.02. The van der Waals surface area contributed by atoms with Gasteiger partial charge in [-0.3, -0.25) is 4.90 Å². The number of carbonyl (C=O) groups excluding carboxylic acids is 2. The lowest BCUT2D eigenvalue weighted by Crippen LogP contribution is -2.75. The lowest BCUT2D eigenvalue weighted by Gasteiger charge is -2.73. The molecule has 3 aliphatic carbocycles. The minimum atomic E-state index is -0.542. The summed E-state index contributed by atoms with van der Waals surface area (Å²) in [6.07, 6.45) is 2.98. The van der Waals surface area contributed by atoms with E-state index in [9.17, 15) is 9.59 Å². The first-order valence-corrected chi connectivity index (χ1v) is 10.9. The molecule has 5 aliphatic rings. The van der Waals surface area contributed by atoms with Crippen molar-refractivity contribution in [3.63, 3.8) is 0 Å². The number of alkyl halides is 1. The average Bonchev–Trinajstić information content (AvgIpc) is 2.82. The number of fused-ring (bicyclic) bond motifs is 1. The fourth-order valence-corrected chi connectivity index (χ4v) is 6.12. The maximum atomic E-state index is 13.1. The molecule has 152 valence electrons. The third-order valence-corrected chi connectivity index (χ3v) is 7.80. The van der Waals surface area contributed by atoms with Gasteiger partial charge in [0.25, 0.3) is 0 Å². The first kappa shape index (κ1) is 19.3. The average molecular weight is 444 g/mol. The SMILES string of the molecule is COC[C@@H]1[C@H]2CN(C34CC(CBr)(C3)C4)C(=O)N2CCN1C(=O)OC(C)(C)C. The van der Waals surface area contributed by atoms with Crippen LogP contribution in [0.15, 0.2) is 0 Å². The third kappa shape index (κ3) is 2.94. The van der Waals surface area contributed by atoms with Crippen molar-refractivity contribution >= 4 is 28.1 Å². The fraction of sp³-hybridized carbons (Fsp3) is 0.895. The van der Waals surface area contributed by atoms with E-state index in [4.69, 9.17) is 9.47 Å². The number of halogens is 1. The molecule has 0 aromatic rings. The van der Waals surface area contributed by atoms with Crippen LogP contribution in [0.5, 0.6) is 0 Å². The lowest BCUT2D eigenvalue weighted by atomic mass is 9.39. The van der Waals surface area contributed by atoms with E-state index in [-0.39, 0.29) is 29.7 Å². The summed E-state index contributed by atoms with van der Waals surface area (Å²) in [6.45, 7) is 7.72. The molecular weight excluding hydrogens is 414 g/mol. The van der Waals surface area contributed by atoms with Gasteiger partial charge in [0.05, 0.1) is 18.7 Å². The number of hydrogen-bond acceptors (Lipinski definition) is 4. The molecule has 2 bridgehead atoms. The summed E-state index contributed by atoms with van der Waals surface area (Å²) in [5, 5.41) is 1.02. The summed E-state index contributed by atoms with van der Waals surface area (Å²) in [5.74, 6) is 0. The molecule has 2 aliphatic heterocycles. The van der Waals surface area contributed by atoms with Gasteiger partial charge in [0.15, 0.2) is 0 Å². The first-order valence-electron chi connectivity index (χ1n) is 9.76. The van der Waals surface area contributed by atoms with Gasteiger partial charge in [-0.25, -0.2) is 9.59 Å². The van der Waals surface area contributed by atoms with E-state index in [1.807, 2.05) is 25.7 Å². The summed E-state index contributed by atoms with van der Waals surface area (Å²) < 4.78 is 11.0. The standard InChI is InChI=1S/C19H30BrN3O4/c1-17(2,3)27-16(25)22-6-5-21-13(14(22)8-26-4)7-23(15(21)24)19-9-18(10-19,11-19)12-20/h13-14H,5-12H2,1-4H3/t13-,14-,18?,19?/m1/s1. The van der Waals surface area contributed by atoms with Crippen LogP contribution < -0.4 is 0 Å². The Morgan fingerprint density at radius 1 is 1.26 bits per heavy atom. The molecule has 2 heterocycles. The molecule has 2 saturated heterocycles. The van der Waals surface area contributed by atoms with Crippen LogP contribution in [0.4, 0.5) is 9.59 Å².